The molecule has 0 saturated carbocycles. The second-order valence-corrected chi connectivity index (χ2v) is 10.6. The molecule has 4 nitrogen and oxygen atoms in total. The molecule has 2 aromatic carbocycles. The van der Waals surface area contributed by atoms with E-state index in [4.69, 9.17) is 0 Å². The van der Waals surface area contributed by atoms with E-state index in [1.54, 1.807) is 0 Å². The molecule has 34 heavy (non-hydrogen) atoms. The maximum absolute atomic E-state index is 4.46. The standard InChI is InChI=1S/C28H32Br2N4/c29-21-9-11-23-25(13-17-33-27(23)19-21)31-15-7-5-3-1-2-4-6-8-16-32-26-14-18-34-28-20-22(30)10-12-24(26)28/h9-14,17-20H,1-8,15-16H2,(H,31,33)(H,32,34). The summed E-state index contributed by atoms with van der Waals surface area (Å²) in [6.45, 7) is 2.03. The SMILES string of the molecule is Brc1ccc2c(NCCCCCCCCCCNc3ccnc4cc(Br)ccc34)ccnc2c1. The zero-order valence-electron chi connectivity index (χ0n) is 19.5. The minimum Gasteiger partial charge on any atom is -0.384 e. The first kappa shape index (κ1) is 24.9. The Kier molecular flexibility index (Phi) is 9.57. The Morgan fingerprint density at radius 1 is 0.529 bits per heavy atom. The van der Waals surface area contributed by atoms with Crippen LogP contribution in [0.25, 0.3) is 21.8 Å². The van der Waals surface area contributed by atoms with E-state index in [0.29, 0.717) is 0 Å². The zero-order valence-corrected chi connectivity index (χ0v) is 22.7. The molecule has 0 saturated heterocycles. The third kappa shape index (κ3) is 7.16. The minimum atomic E-state index is 1.02. The van der Waals surface area contributed by atoms with E-state index in [-0.39, 0.29) is 0 Å². The molecule has 0 spiro atoms. The van der Waals surface area contributed by atoms with Gasteiger partial charge in [-0.2, -0.15) is 0 Å². The van der Waals surface area contributed by atoms with Crippen LogP contribution in [-0.2, 0) is 0 Å². The summed E-state index contributed by atoms with van der Waals surface area (Å²) in [5.41, 5.74) is 4.41. The van der Waals surface area contributed by atoms with Crippen LogP contribution in [0, 0.1) is 0 Å². The molecule has 4 rings (SSSR count). The Bertz CT molecular complexity index is 1120. The van der Waals surface area contributed by atoms with Crippen LogP contribution in [0.5, 0.6) is 0 Å². The molecule has 2 N–H and O–H groups in total. The monoisotopic (exact) mass is 582 g/mol. The van der Waals surface area contributed by atoms with Gasteiger partial charge in [-0.05, 0) is 61.4 Å². The highest BCUT2D eigenvalue weighted by molar-refractivity contribution is 9.10. The molecule has 6 heteroatoms. The number of aromatic nitrogens is 2. The van der Waals surface area contributed by atoms with Crippen molar-refractivity contribution in [1.82, 2.24) is 9.97 Å². The summed E-state index contributed by atoms with van der Waals surface area (Å²) in [5, 5.41) is 9.55. The first-order valence-corrected chi connectivity index (χ1v) is 13.9. The summed E-state index contributed by atoms with van der Waals surface area (Å²) >= 11 is 7.04. The Morgan fingerprint density at radius 2 is 0.941 bits per heavy atom. The van der Waals surface area contributed by atoms with Gasteiger partial charge in [0.2, 0.25) is 0 Å². The number of hydrogen-bond donors (Lipinski definition) is 2. The fraction of sp³-hybridized carbons (Fsp3) is 0.357. The molecule has 0 aliphatic rings. The molecule has 0 bridgehead atoms. The van der Waals surface area contributed by atoms with E-state index in [1.807, 2.05) is 12.4 Å². The number of benzene rings is 2. The lowest BCUT2D eigenvalue weighted by Gasteiger charge is -2.10. The smallest absolute Gasteiger partial charge is 0.0733 e. The van der Waals surface area contributed by atoms with Crippen molar-refractivity contribution in [2.45, 2.75) is 51.4 Å². The number of halogens is 2. The van der Waals surface area contributed by atoms with Gasteiger partial charge in [0.05, 0.1) is 11.0 Å². The number of pyridine rings is 2. The summed E-state index contributed by atoms with van der Waals surface area (Å²) in [6.07, 6.45) is 14.1. The van der Waals surface area contributed by atoms with Gasteiger partial charge in [-0.25, -0.2) is 0 Å². The number of rotatable bonds is 13. The Morgan fingerprint density at radius 3 is 1.38 bits per heavy atom. The summed E-state index contributed by atoms with van der Waals surface area (Å²) in [4.78, 5) is 8.92. The number of nitrogens with zero attached hydrogens (tertiary/aromatic N) is 2. The normalized spacial score (nSPS) is 11.2. The van der Waals surface area contributed by atoms with Crippen LogP contribution in [0.1, 0.15) is 51.4 Å². The van der Waals surface area contributed by atoms with E-state index < -0.39 is 0 Å². The fourth-order valence-electron chi connectivity index (χ4n) is 4.31. The second kappa shape index (κ2) is 13.1. The van der Waals surface area contributed by atoms with Crippen LogP contribution in [0.4, 0.5) is 11.4 Å². The van der Waals surface area contributed by atoms with Crippen LogP contribution >= 0.6 is 31.9 Å². The summed E-state index contributed by atoms with van der Waals surface area (Å²) in [5.74, 6) is 0. The predicted octanol–water partition coefficient (Wildman–Crippen LogP) is 8.95. The van der Waals surface area contributed by atoms with E-state index in [9.17, 15) is 0 Å². The van der Waals surface area contributed by atoms with Gasteiger partial charge < -0.3 is 10.6 Å². The largest absolute Gasteiger partial charge is 0.384 e. The lowest BCUT2D eigenvalue weighted by molar-refractivity contribution is 0.577. The van der Waals surface area contributed by atoms with Crippen molar-refractivity contribution in [2.24, 2.45) is 0 Å². The lowest BCUT2D eigenvalue weighted by Crippen LogP contribution is -2.02. The van der Waals surface area contributed by atoms with Crippen molar-refractivity contribution in [3.8, 4) is 0 Å². The van der Waals surface area contributed by atoms with Crippen LogP contribution in [0.3, 0.4) is 0 Å². The van der Waals surface area contributed by atoms with E-state index >= 15 is 0 Å². The molecular formula is C28H32Br2N4. The molecule has 0 amide bonds. The zero-order chi connectivity index (χ0) is 23.6. The molecule has 0 aliphatic carbocycles. The number of unbranched alkanes of at least 4 members (excludes halogenated alkanes) is 7. The average molecular weight is 584 g/mol. The van der Waals surface area contributed by atoms with E-state index in [1.165, 1.54) is 73.5 Å². The maximum atomic E-state index is 4.46. The van der Waals surface area contributed by atoms with Gasteiger partial charge in [0.15, 0.2) is 0 Å². The van der Waals surface area contributed by atoms with E-state index in [2.05, 4.69) is 101 Å². The molecule has 0 atom stereocenters. The number of fused-ring (bicyclic) bond motifs is 2. The van der Waals surface area contributed by atoms with Gasteiger partial charge in [0, 0.05) is 56.6 Å². The van der Waals surface area contributed by atoms with Gasteiger partial charge in [0.1, 0.15) is 0 Å². The number of anilines is 2. The summed E-state index contributed by atoms with van der Waals surface area (Å²) in [6, 6.07) is 16.7. The topological polar surface area (TPSA) is 49.8 Å². The van der Waals surface area contributed by atoms with Crippen LogP contribution in [-0.4, -0.2) is 23.1 Å². The molecule has 0 aliphatic heterocycles. The Labute approximate surface area is 219 Å². The molecule has 4 aromatic rings. The quantitative estimate of drug-likeness (QED) is 0.154. The maximum Gasteiger partial charge on any atom is 0.0733 e. The Hall–Kier alpha value is -2.18. The molecule has 2 heterocycles. The molecule has 2 aromatic heterocycles. The van der Waals surface area contributed by atoms with Gasteiger partial charge in [-0.3, -0.25) is 9.97 Å². The highest BCUT2D eigenvalue weighted by atomic mass is 79.9. The van der Waals surface area contributed by atoms with Crippen molar-refractivity contribution in [3.05, 3.63) is 69.9 Å². The molecule has 0 radical (unpaired) electrons. The van der Waals surface area contributed by atoms with Crippen molar-refractivity contribution in [2.75, 3.05) is 23.7 Å². The molecule has 0 unspecified atom stereocenters. The number of nitrogens with one attached hydrogen (secondary N) is 2. The molecule has 178 valence electrons. The number of hydrogen-bond acceptors (Lipinski definition) is 4. The van der Waals surface area contributed by atoms with Crippen LogP contribution in [0.2, 0.25) is 0 Å². The van der Waals surface area contributed by atoms with E-state index in [0.717, 1.165) is 33.1 Å². The van der Waals surface area contributed by atoms with Gasteiger partial charge in [-0.15, -0.1) is 0 Å². The molecular weight excluding hydrogens is 552 g/mol. The fourth-order valence-corrected chi connectivity index (χ4v) is 5.01. The highest BCUT2D eigenvalue weighted by Crippen LogP contribution is 2.26. The summed E-state index contributed by atoms with van der Waals surface area (Å²) < 4.78 is 2.13. The predicted molar refractivity (Wildman–Crippen MR) is 153 cm³/mol. The Balaban J connectivity index is 1.04. The molecule has 0 fully saturated rings. The van der Waals surface area contributed by atoms with Crippen LogP contribution < -0.4 is 10.6 Å². The summed E-state index contributed by atoms with van der Waals surface area (Å²) in [7, 11) is 0. The van der Waals surface area contributed by atoms with Crippen molar-refractivity contribution in [3.63, 3.8) is 0 Å². The average Bonchev–Trinajstić information content (AvgIpc) is 2.84. The first-order chi connectivity index (χ1) is 16.7. The van der Waals surface area contributed by atoms with Crippen molar-refractivity contribution in [1.29, 1.82) is 0 Å². The van der Waals surface area contributed by atoms with Crippen LogP contribution in [0.15, 0.2) is 69.9 Å². The second-order valence-electron chi connectivity index (χ2n) is 8.72. The third-order valence-electron chi connectivity index (χ3n) is 6.14. The highest BCUT2D eigenvalue weighted by Gasteiger charge is 2.03. The lowest BCUT2D eigenvalue weighted by atomic mass is 10.1. The third-order valence-corrected chi connectivity index (χ3v) is 7.13. The van der Waals surface area contributed by atoms with Gasteiger partial charge in [0.25, 0.3) is 0 Å². The van der Waals surface area contributed by atoms with Gasteiger partial charge in [-0.1, -0.05) is 70.4 Å². The van der Waals surface area contributed by atoms with Gasteiger partial charge >= 0.3 is 0 Å². The minimum absolute atomic E-state index is 1.02. The van der Waals surface area contributed by atoms with Crippen molar-refractivity contribution < 1.29 is 0 Å². The van der Waals surface area contributed by atoms with Crippen molar-refractivity contribution >= 4 is 65.0 Å². The first-order valence-electron chi connectivity index (χ1n) is 12.3.